The van der Waals surface area contributed by atoms with Gasteiger partial charge in [-0.3, -0.25) is 0 Å². The number of thioether (sulfide) groups is 1. The summed E-state index contributed by atoms with van der Waals surface area (Å²) in [5, 5.41) is 0. The highest BCUT2D eigenvalue weighted by atomic mass is 35.5. The molecule has 4 heteroatoms. The molecule has 14 heavy (non-hydrogen) atoms. The van der Waals surface area contributed by atoms with Crippen LogP contribution in [0.25, 0.3) is 0 Å². The minimum Gasteiger partial charge on any atom is -0.379 e. The molecule has 1 aromatic carbocycles. The molecule has 0 aliphatic rings. The van der Waals surface area contributed by atoms with Gasteiger partial charge in [-0.05, 0) is 18.2 Å². The van der Waals surface area contributed by atoms with Crippen LogP contribution in [0.5, 0.6) is 0 Å². The van der Waals surface area contributed by atoms with Gasteiger partial charge in [0.2, 0.25) is 0 Å². The van der Waals surface area contributed by atoms with Crippen LogP contribution in [-0.4, -0.2) is 24.8 Å². The molecule has 0 spiro atoms. The van der Waals surface area contributed by atoms with E-state index in [1.165, 1.54) is 12.1 Å². The van der Waals surface area contributed by atoms with E-state index in [9.17, 15) is 4.39 Å². The zero-order valence-electron chi connectivity index (χ0n) is 7.71. The fourth-order valence-corrected chi connectivity index (χ4v) is 1.85. The van der Waals surface area contributed by atoms with Crippen molar-refractivity contribution < 1.29 is 9.13 Å². The van der Waals surface area contributed by atoms with Crippen molar-refractivity contribution in [2.24, 2.45) is 0 Å². The minimum absolute atomic E-state index is 0.198. The smallest absolute Gasteiger partial charge is 0.124 e. The summed E-state index contributed by atoms with van der Waals surface area (Å²) < 4.78 is 17.9. The van der Waals surface area contributed by atoms with Crippen molar-refractivity contribution in [3.8, 4) is 0 Å². The van der Waals surface area contributed by atoms with Gasteiger partial charge in [0.25, 0.3) is 0 Å². The molecule has 0 aliphatic heterocycles. The summed E-state index contributed by atoms with van der Waals surface area (Å²) in [5.74, 6) is 1.14. The average Bonchev–Trinajstić information content (AvgIpc) is 2.18. The van der Waals surface area contributed by atoms with Crippen LogP contribution < -0.4 is 0 Å². The van der Waals surface area contributed by atoms with Gasteiger partial charge >= 0.3 is 0 Å². The fraction of sp³-hybridized carbons (Fsp3) is 0.400. The predicted molar refractivity (Wildman–Crippen MR) is 58.7 cm³/mol. The van der Waals surface area contributed by atoms with E-state index >= 15 is 0 Å². The van der Waals surface area contributed by atoms with Crippen LogP contribution in [-0.2, 0) is 4.74 Å². The quantitative estimate of drug-likeness (QED) is 0.425. The van der Waals surface area contributed by atoms with Gasteiger partial charge in [0.05, 0.1) is 13.2 Å². The van der Waals surface area contributed by atoms with E-state index in [1.807, 2.05) is 6.07 Å². The number of hydrogen-bond donors (Lipinski definition) is 0. The van der Waals surface area contributed by atoms with Gasteiger partial charge in [0.1, 0.15) is 5.82 Å². The van der Waals surface area contributed by atoms with Crippen molar-refractivity contribution in [2.45, 2.75) is 4.90 Å². The van der Waals surface area contributed by atoms with E-state index in [4.69, 9.17) is 16.3 Å². The first-order chi connectivity index (χ1) is 6.83. The van der Waals surface area contributed by atoms with Crippen molar-refractivity contribution >= 4 is 23.4 Å². The molecule has 0 aliphatic carbocycles. The highest BCUT2D eigenvalue weighted by Crippen LogP contribution is 2.17. The van der Waals surface area contributed by atoms with E-state index in [0.717, 1.165) is 10.6 Å². The first-order valence-corrected chi connectivity index (χ1v) is 5.87. The average molecular weight is 235 g/mol. The van der Waals surface area contributed by atoms with Crippen molar-refractivity contribution in [1.29, 1.82) is 0 Å². The van der Waals surface area contributed by atoms with Crippen LogP contribution in [0.1, 0.15) is 0 Å². The molecule has 1 nitrogen and oxygen atoms in total. The van der Waals surface area contributed by atoms with Gasteiger partial charge in [0, 0.05) is 16.5 Å². The monoisotopic (exact) mass is 234 g/mol. The zero-order valence-corrected chi connectivity index (χ0v) is 9.28. The van der Waals surface area contributed by atoms with Crippen LogP contribution in [0.2, 0.25) is 0 Å². The Labute approximate surface area is 92.6 Å². The highest BCUT2D eigenvalue weighted by Gasteiger charge is 1.95. The summed E-state index contributed by atoms with van der Waals surface area (Å²) >= 11 is 7.01. The Kier molecular flexibility index (Phi) is 5.99. The van der Waals surface area contributed by atoms with E-state index in [1.54, 1.807) is 17.8 Å². The first-order valence-electron chi connectivity index (χ1n) is 4.35. The van der Waals surface area contributed by atoms with Crippen LogP contribution in [0.3, 0.4) is 0 Å². The van der Waals surface area contributed by atoms with E-state index in [2.05, 4.69) is 0 Å². The number of hydrogen-bond acceptors (Lipinski definition) is 2. The third-order valence-corrected chi connectivity index (χ3v) is 2.63. The van der Waals surface area contributed by atoms with Gasteiger partial charge in [-0.25, -0.2) is 4.39 Å². The Hall–Kier alpha value is -0.250. The first kappa shape index (κ1) is 11.8. The lowest BCUT2D eigenvalue weighted by molar-refractivity contribution is 0.166. The van der Waals surface area contributed by atoms with Crippen molar-refractivity contribution in [2.75, 3.05) is 24.8 Å². The van der Waals surface area contributed by atoms with Crippen molar-refractivity contribution in [3.05, 3.63) is 30.1 Å². The second kappa shape index (κ2) is 7.10. The summed E-state index contributed by atoms with van der Waals surface area (Å²) in [5.41, 5.74) is 0. The molecule has 0 saturated heterocycles. The molecule has 1 rings (SSSR count). The molecule has 0 fully saturated rings. The Morgan fingerprint density at radius 3 is 2.93 bits per heavy atom. The molecule has 0 aromatic heterocycles. The molecule has 1 aromatic rings. The number of benzene rings is 1. The van der Waals surface area contributed by atoms with Gasteiger partial charge in [-0.15, -0.1) is 23.4 Å². The largest absolute Gasteiger partial charge is 0.379 e. The second-order valence-corrected chi connectivity index (χ2v) is 4.15. The van der Waals surface area contributed by atoms with Crippen LogP contribution in [0.15, 0.2) is 29.2 Å². The summed E-state index contributed by atoms with van der Waals surface area (Å²) in [4.78, 5) is 0.930. The normalized spacial score (nSPS) is 10.4. The number of ether oxygens (including phenoxy) is 1. The lowest BCUT2D eigenvalue weighted by Crippen LogP contribution is -1.99. The van der Waals surface area contributed by atoms with Crippen molar-refractivity contribution in [1.82, 2.24) is 0 Å². The molecule has 0 atom stereocenters. The van der Waals surface area contributed by atoms with Gasteiger partial charge in [0.15, 0.2) is 0 Å². The molecule has 0 unspecified atom stereocenters. The maximum atomic E-state index is 12.7. The molecular formula is C10H12ClFOS. The van der Waals surface area contributed by atoms with Gasteiger partial charge < -0.3 is 4.74 Å². The predicted octanol–water partition coefficient (Wildman–Crippen LogP) is 3.17. The molecule has 0 amide bonds. The summed E-state index contributed by atoms with van der Waals surface area (Å²) in [6, 6.07) is 6.55. The Morgan fingerprint density at radius 2 is 2.21 bits per heavy atom. The van der Waals surface area contributed by atoms with Gasteiger partial charge in [-0.2, -0.15) is 0 Å². The zero-order chi connectivity index (χ0) is 10.2. The van der Waals surface area contributed by atoms with Crippen LogP contribution >= 0.6 is 23.4 Å². The molecule has 0 heterocycles. The third kappa shape index (κ3) is 4.84. The maximum absolute atomic E-state index is 12.7. The van der Waals surface area contributed by atoms with E-state index in [0.29, 0.717) is 19.1 Å². The lowest BCUT2D eigenvalue weighted by Gasteiger charge is -2.02. The number of rotatable bonds is 6. The topological polar surface area (TPSA) is 9.23 Å². The van der Waals surface area contributed by atoms with E-state index < -0.39 is 0 Å². The molecule has 0 N–H and O–H groups in total. The fourth-order valence-electron chi connectivity index (χ4n) is 0.932. The number of alkyl halides is 1. The highest BCUT2D eigenvalue weighted by molar-refractivity contribution is 7.99. The second-order valence-electron chi connectivity index (χ2n) is 2.61. The molecular weight excluding hydrogens is 223 g/mol. The van der Waals surface area contributed by atoms with Crippen LogP contribution in [0, 0.1) is 5.82 Å². The molecule has 0 bridgehead atoms. The Balaban J connectivity index is 2.18. The number of halogens is 2. The third-order valence-electron chi connectivity index (χ3n) is 1.51. The maximum Gasteiger partial charge on any atom is 0.124 e. The SMILES string of the molecule is Fc1cccc(SCCOCCCl)c1. The lowest BCUT2D eigenvalue weighted by atomic mass is 10.4. The Morgan fingerprint density at radius 1 is 1.36 bits per heavy atom. The summed E-state index contributed by atoms with van der Waals surface area (Å²) in [7, 11) is 0. The standard InChI is InChI=1S/C10H12ClFOS/c11-4-5-13-6-7-14-10-3-1-2-9(12)8-10/h1-3,8H,4-7H2. The summed E-state index contributed by atoms with van der Waals surface area (Å²) in [6.07, 6.45) is 0. The van der Waals surface area contributed by atoms with Crippen LogP contribution in [0.4, 0.5) is 4.39 Å². The van der Waals surface area contributed by atoms with Crippen molar-refractivity contribution in [3.63, 3.8) is 0 Å². The minimum atomic E-state index is -0.198. The Bertz CT molecular complexity index is 270. The summed E-state index contributed by atoms with van der Waals surface area (Å²) in [6.45, 7) is 1.22. The molecule has 78 valence electrons. The molecule has 0 saturated carbocycles. The van der Waals surface area contributed by atoms with Gasteiger partial charge in [-0.1, -0.05) is 6.07 Å². The van der Waals surface area contributed by atoms with E-state index in [-0.39, 0.29) is 5.82 Å². The molecule has 0 radical (unpaired) electrons.